The molecule has 0 saturated heterocycles. The number of aliphatic hydroxyl groups is 1. The number of carbonyl (C=O) groups is 1. The Labute approximate surface area is 204 Å². The van der Waals surface area contributed by atoms with Crippen molar-refractivity contribution in [1.82, 2.24) is 0 Å². The molecule has 0 fully saturated rings. The topological polar surface area (TPSA) is 168 Å². The number of hydrogen-bond acceptors (Lipinski definition) is 7. The lowest BCUT2D eigenvalue weighted by molar-refractivity contribution is -0.120. The molecule has 1 aliphatic heterocycles. The molecule has 186 valence electrons. The second-order valence-electron chi connectivity index (χ2n) is 9.26. The van der Waals surface area contributed by atoms with E-state index in [0.717, 1.165) is 12.5 Å². The van der Waals surface area contributed by atoms with Gasteiger partial charge in [-0.05, 0) is 49.4 Å². The molecule has 1 heterocycles. The van der Waals surface area contributed by atoms with Crippen molar-refractivity contribution in [2.75, 3.05) is 10.0 Å². The fourth-order valence-electron chi connectivity index (χ4n) is 4.35. The third-order valence-electron chi connectivity index (χ3n) is 6.18. The minimum atomic E-state index is -4.35. The van der Waals surface area contributed by atoms with Crippen molar-refractivity contribution >= 4 is 49.0 Å². The molecule has 12 heteroatoms. The number of fused-ring (bicyclic) bond motifs is 2. The van der Waals surface area contributed by atoms with Gasteiger partial charge in [-0.25, -0.2) is 5.14 Å². The predicted molar refractivity (Wildman–Crippen MR) is 134 cm³/mol. The molecule has 1 atom stereocenters. The maximum atomic E-state index is 13.8. The number of ketones is 1. The zero-order valence-electron chi connectivity index (χ0n) is 19.4. The summed E-state index contributed by atoms with van der Waals surface area (Å²) in [4.78, 5) is 13.5. The fourth-order valence-corrected chi connectivity index (χ4v) is 5.96. The minimum absolute atomic E-state index is 0.0683. The van der Waals surface area contributed by atoms with Crippen molar-refractivity contribution in [2.24, 2.45) is 15.5 Å². The molecule has 2 aromatic rings. The highest BCUT2D eigenvalue weighted by Crippen LogP contribution is 2.44. The summed E-state index contributed by atoms with van der Waals surface area (Å²) in [7, 11) is -8.48. The number of nitrogens with one attached hydrogen (secondary N) is 2. The van der Waals surface area contributed by atoms with Gasteiger partial charge in [0.25, 0.3) is 20.2 Å². The highest BCUT2D eigenvalue weighted by molar-refractivity contribution is 7.91. The first-order valence-electron chi connectivity index (χ1n) is 10.9. The van der Waals surface area contributed by atoms with Crippen LogP contribution in [0.15, 0.2) is 57.3 Å². The minimum Gasteiger partial charge on any atom is -0.506 e. The number of Topliss-reactive ketones (excluding diaryl/α,β-unsaturated/α-hetero) is 1. The Balaban J connectivity index is 1.84. The van der Waals surface area contributed by atoms with E-state index in [-0.39, 0.29) is 33.4 Å². The first-order valence-corrected chi connectivity index (χ1v) is 13.9. The number of nitrogens with zero attached hydrogens (tertiary/aromatic N) is 1. The van der Waals surface area contributed by atoms with Crippen LogP contribution < -0.4 is 15.2 Å². The number of carbonyl (C=O) groups excluding carboxylic acids is 1. The average molecular weight is 519 g/mol. The Morgan fingerprint density at radius 1 is 1.20 bits per heavy atom. The molecular weight excluding hydrogens is 492 g/mol. The van der Waals surface area contributed by atoms with Gasteiger partial charge < -0.3 is 10.4 Å². The third-order valence-corrected chi connectivity index (χ3v) is 8.02. The summed E-state index contributed by atoms with van der Waals surface area (Å²) in [6.45, 7) is 5.89. The van der Waals surface area contributed by atoms with E-state index in [0.29, 0.717) is 23.5 Å². The van der Waals surface area contributed by atoms with Crippen LogP contribution in [0.5, 0.6) is 0 Å². The summed E-state index contributed by atoms with van der Waals surface area (Å²) in [5.41, 5.74) is -0.0954. The Morgan fingerprint density at radius 3 is 2.54 bits per heavy atom. The van der Waals surface area contributed by atoms with Gasteiger partial charge in [-0.3, -0.25) is 9.52 Å². The van der Waals surface area contributed by atoms with Gasteiger partial charge in [0, 0.05) is 5.56 Å². The van der Waals surface area contributed by atoms with Gasteiger partial charge in [0.2, 0.25) is 0 Å². The molecule has 10 nitrogen and oxygen atoms in total. The number of amidine groups is 1. The van der Waals surface area contributed by atoms with E-state index in [1.165, 1.54) is 12.1 Å². The van der Waals surface area contributed by atoms with Crippen LogP contribution in [-0.4, -0.2) is 33.6 Å². The van der Waals surface area contributed by atoms with Gasteiger partial charge in [0.1, 0.15) is 16.2 Å². The van der Waals surface area contributed by atoms with Crippen molar-refractivity contribution in [2.45, 2.75) is 43.9 Å². The second-order valence-corrected chi connectivity index (χ2v) is 12.1. The maximum absolute atomic E-state index is 13.8. The largest absolute Gasteiger partial charge is 0.506 e. The Bertz CT molecular complexity index is 1510. The molecule has 0 aromatic heterocycles. The highest BCUT2D eigenvalue weighted by atomic mass is 32.2. The standard InChI is InChI=1S/C23H26N4O6S2/c1-13(2)10-11-23(3)16-7-5-4-6-15(16)20(28)19(21(23)29)22-25-17-9-8-14(26-35(24,32)33)12-18(17)34(30,31)27-22/h4-9,12-13,26,28H,10-11H2,1-3H3,(H,25,27)(H2,24,32,33)/t23-/m1/s1. The maximum Gasteiger partial charge on any atom is 0.296 e. The quantitative estimate of drug-likeness (QED) is 0.455. The van der Waals surface area contributed by atoms with Crippen LogP contribution in [-0.2, 0) is 30.4 Å². The molecule has 0 saturated carbocycles. The van der Waals surface area contributed by atoms with E-state index >= 15 is 0 Å². The van der Waals surface area contributed by atoms with Crippen LogP contribution in [0.4, 0.5) is 11.4 Å². The molecule has 1 aliphatic carbocycles. The summed E-state index contributed by atoms with van der Waals surface area (Å²) in [6, 6.07) is 10.7. The molecule has 0 amide bonds. The number of aliphatic hydroxyl groups excluding tert-OH is 1. The van der Waals surface area contributed by atoms with E-state index < -0.39 is 31.4 Å². The lowest BCUT2D eigenvalue weighted by Gasteiger charge is -2.36. The fraction of sp³-hybridized carbons (Fsp3) is 0.304. The Morgan fingerprint density at radius 2 is 1.89 bits per heavy atom. The zero-order chi connectivity index (χ0) is 25.8. The number of hydrogen-bond donors (Lipinski definition) is 4. The predicted octanol–water partition coefficient (Wildman–Crippen LogP) is 3.06. The van der Waals surface area contributed by atoms with Crippen LogP contribution in [0.2, 0.25) is 0 Å². The van der Waals surface area contributed by atoms with E-state index in [1.54, 1.807) is 31.2 Å². The summed E-state index contributed by atoms with van der Waals surface area (Å²) >= 11 is 0. The highest BCUT2D eigenvalue weighted by Gasteiger charge is 2.46. The van der Waals surface area contributed by atoms with Gasteiger partial charge in [-0.1, -0.05) is 38.1 Å². The van der Waals surface area contributed by atoms with Crippen molar-refractivity contribution in [1.29, 1.82) is 0 Å². The first-order chi connectivity index (χ1) is 16.2. The van der Waals surface area contributed by atoms with Crippen LogP contribution in [0.25, 0.3) is 5.76 Å². The van der Waals surface area contributed by atoms with Gasteiger partial charge in [-0.2, -0.15) is 16.8 Å². The number of anilines is 2. The van der Waals surface area contributed by atoms with Crippen molar-refractivity contribution in [3.05, 3.63) is 59.2 Å². The number of nitrogens with two attached hydrogens (primary N) is 1. The van der Waals surface area contributed by atoms with E-state index in [2.05, 4.69) is 9.71 Å². The lowest BCUT2D eigenvalue weighted by Crippen LogP contribution is -2.42. The SMILES string of the molecule is CC(C)CC[C@@]1(C)C(=O)C(C2=NS(=O)(=O)c3cc(NS(N)(=O)=O)ccc3N2)=C(O)c2ccccc21. The van der Waals surface area contributed by atoms with E-state index in [1.807, 2.05) is 18.6 Å². The average Bonchev–Trinajstić information content (AvgIpc) is 2.76. The van der Waals surface area contributed by atoms with Crippen LogP contribution in [0.3, 0.4) is 0 Å². The van der Waals surface area contributed by atoms with Crippen LogP contribution >= 0.6 is 0 Å². The number of sulfonamides is 1. The van der Waals surface area contributed by atoms with Crippen molar-refractivity contribution in [3.8, 4) is 0 Å². The molecule has 0 spiro atoms. The molecule has 2 aromatic carbocycles. The van der Waals surface area contributed by atoms with Gasteiger partial charge in [0.15, 0.2) is 11.6 Å². The molecule has 2 aliphatic rings. The molecule has 0 radical (unpaired) electrons. The Kier molecular flexibility index (Phi) is 6.02. The molecule has 5 N–H and O–H groups in total. The molecular formula is C23H26N4O6S2. The monoisotopic (exact) mass is 518 g/mol. The van der Waals surface area contributed by atoms with Crippen molar-refractivity contribution < 1.29 is 26.7 Å². The van der Waals surface area contributed by atoms with Gasteiger partial charge >= 0.3 is 0 Å². The van der Waals surface area contributed by atoms with Crippen LogP contribution in [0.1, 0.15) is 44.7 Å². The van der Waals surface area contributed by atoms with Crippen molar-refractivity contribution in [3.63, 3.8) is 0 Å². The summed E-state index contributed by atoms with van der Waals surface area (Å²) in [5.74, 6) is -0.762. The third kappa shape index (κ3) is 4.56. The normalized spacial score (nSPS) is 21.2. The number of rotatable bonds is 6. The van der Waals surface area contributed by atoms with E-state index in [4.69, 9.17) is 5.14 Å². The molecule has 35 heavy (non-hydrogen) atoms. The smallest absolute Gasteiger partial charge is 0.296 e. The summed E-state index contributed by atoms with van der Waals surface area (Å²) < 4.78 is 54.5. The first kappa shape index (κ1) is 24.9. The lowest BCUT2D eigenvalue weighted by atomic mass is 9.66. The van der Waals surface area contributed by atoms with Gasteiger partial charge in [-0.15, -0.1) is 4.40 Å². The molecule has 0 bridgehead atoms. The summed E-state index contributed by atoms with van der Waals surface area (Å²) in [5, 5.41) is 18.9. The Hall–Kier alpha value is -3.22. The van der Waals surface area contributed by atoms with E-state index in [9.17, 15) is 26.7 Å². The second kappa shape index (κ2) is 8.47. The number of benzene rings is 2. The van der Waals surface area contributed by atoms with Crippen LogP contribution in [0, 0.1) is 5.92 Å². The molecule has 4 rings (SSSR count). The summed E-state index contributed by atoms with van der Waals surface area (Å²) in [6.07, 6.45) is 1.24. The van der Waals surface area contributed by atoms with Gasteiger partial charge in [0.05, 0.1) is 16.8 Å². The zero-order valence-corrected chi connectivity index (χ0v) is 21.0. The molecule has 0 unspecified atom stereocenters.